The van der Waals surface area contributed by atoms with Crippen LogP contribution in [0.25, 0.3) is 6.08 Å². The predicted molar refractivity (Wildman–Crippen MR) is 146 cm³/mol. The number of nitrogens with two attached hydrogens (primary N) is 2. The van der Waals surface area contributed by atoms with E-state index in [4.69, 9.17) is 16.3 Å². The monoisotopic (exact) mass is 504 g/mol. The topological polar surface area (TPSA) is 126 Å². The summed E-state index contributed by atoms with van der Waals surface area (Å²) < 4.78 is 0. The number of piperidine rings is 1. The predicted octanol–water partition coefficient (Wildman–Crippen LogP) is 3.31. The van der Waals surface area contributed by atoms with Gasteiger partial charge in [0.2, 0.25) is 0 Å². The van der Waals surface area contributed by atoms with Crippen molar-refractivity contribution in [1.29, 1.82) is 0 Å². The Balaban J connectivity index is 1.51. The van der Waals surface area contributed by atoms with Gasteiger partial charge in [-0.15, -0.1) is 0 Å². The van der Waals surface area contributed by atoms with Crippen LogP contribution in [0.15, 0.2) is 59.1 Å². The molecule has 5 N–H and O–H groups in total. The third-order valence-electron chi connectivity index (χ3n) is 6.39. The standard InChI is InChI=1S/C28H36N6O3/c1-2-13-34(37-15-12-29)28(36)22-16-20-10-11-21(17-25(20)32-26(30)18-22)27(35)33-14-6-9-24(19-33)31-23-7-4-3-5-8-23/h3-5,7-8,10-11,16-17,24,31H,2,6,9,12-15,18-19,29H2,1H3,(H2,30,32)/t24-/m1/s1. The number of hydrogen-bond donors (Lipinski definition) is 3. The van der Waals surface area contributed by atoms with Crippen LogP contribution in [0.1, 0.15) is 48.5 Å². The van der Waals surface area contributed by atoms with Gasteiger partial charge in [0.1, 0.15) is 5.84 Å². The lowest BCUT2D eigenvalue weighted by atomic mass is 10.0. The maximum absolute atomic E-state index is 13.4. The number of nitrogens with one attached hydrogen (secondary N) is 1. The molecule has 0 bridgehead atoms. The van der Waals surface area contributed by atoms with Crippen molar-refractivity contribution in [1.82, 2.24) is 9.96 Å². The minimum Gasteiger partial charge on any atom is -0.387 e. The quantitative estimate of drug-likeness (QED) is 0.450. The van der Waals surface area contributed by atoms with Gasteiger partial charge in [0.05, 0.1) is 12.3 Å². The van der Waals surface area contributed by atoms with Gasteiger partial charge in [-0.3, -0.25) is 14.4 Å². The van der Waals surface area contributed by atoms with Crippen LogP contribution in [0.4, 0.5) is 11.4 Å². The zero-order valence-electron chi connectivity index (χ0n) is 21.4. The van der Waals surface area contributed by atoms with Crippen LogP contribution in [0.5, 0.6) is 0 Å². The summed E-state index contributed by atoms with van der Waals surface area (Å²) >= 11 is 0. The Bertz CT molecular complexity index is 1160. The SMILES string of the molecule is CCCN(OCCN)C(=O)C1=Cc2ccc(C(=O)N3CCC[C@@H](Nc4ccccc4)C3)cc2N=C(N)C1. The van der Waals surface area contributed by atoms with Crippen LogP contribution in [0.2, 0.25) is 0 Å². The van der Waals surface area contributed by atoms with Gasteiger partial charge in [0.15, 0.2) is 0 Å². The number of para-hydroxylation sites is 1. The summed E-state index contributed by atoms with van der Waals surface area (Å²) in [4.78, 5) is 38.5. The highest BCUT2D eigenvalue weighted by Gasteiger charge is 2.26. The summed E-state index contributed by atoms with van der Waals surface area (Å²) in [6.45, 7) is 4.33. The second kappa shape index (κ2) is 12.5. The molecule has 2 aromatic carbocycles. The van der Waals surface area contributed by atoms with Gasteiger partial charge in [-0.1, -0.05) is 31.2 Å². The smallest absolute Gasteiger partial charge is 0.273 e. The average Bonchev–Trinajstić information content (AvgIpc) is 3.08. The lowest BCUT2D eigenvalue weighted by Gasteiger charge is -2.34. The molecule has 4 rings (SSSR count). The van der Waals surface area contributed by atoms with E-state index in [1.54, 1.807) is 18.2 Å². The Morgan fingerprint density at radius 2 is 2.03 bits per heavy atom. The van der Waals surface area contributed by atoms with Gasteiger partial charge in [0, 0.05) is 61.0 Å². The molecule has 2 aliphatic rings. The summed E-state index contributed by atoms with van der Waals surface area (Å²) in [5.74, 6) is 0.0139. The number of amides is 2. The second-order valence-corrected chi connectivity index (χ2v) is 9.35. The Hall–Kier alpha value is -3.69. The number of rotatable bonds is 9. The summed E-state index contributed by atoms with van der Waals surface area (Å²) in [7, 11) is 0. The number of fused-ring (bicyclic) bond motifs is 1. The summed E-state index contributed by atoms with van der Waals surface area (Å²) in [5.41, 5.74) is 15.1. The van der Waals surface area contributed by atoms with E-state index < -0.39 is 0 Å². The van der Waals surface area contributed by atoms with Crippen LogP contribution < -0.4 is 16.8 Å². The Kier molecular flexibility index (Phi) is 8.92. The molecule has 0 saturated carbocycles. The largest absolute Gasteiger partial charge is 0.387 e. The van der Waals surface area contributed by atoms with Crippen molar-refractivity contribution in [3.63, 3.8) is 0 Å². The molecule has 2 aromatic rings. The van der Waals surface area contributed by atoms with Crippen molar-refractivity contribution in [3.8, 4) is 0 Å². The number of likely N-dealkylation sites (tertiary alicyclic amines) is 1. The first-order chi connectivity index (χ1) is 18.0. The second-order valence-electron chi connectivity index (χ2n) is 9.35. The first-order valence-corrected chi connectivity index (χ1v) is 12.9. The highest BCUT2D eigenvalue weighted by molar-refractivity contribution is 6.05. The molecule has 0 spiro atoms. The van der Waals surface area contributed by atoms with Crippen molar-refractivity contribution in [2.75, 3.05) is 38.1 Å². The minimum atomic E-state index is -0.258. The van der Waals surface area contributed by atoms with Crippen molar-refractivity contribution >= 4 is 35.1 Å². The number of carbonyl (C=O) groups is 2. The van der Waals surface area contributed by atoms with Gasteiger partial charge in [-0.05, 0) is 49.6 Å². The molecule has 0 unspecified atom stereocenters. The van der Waals surface area contributed by atoms with Crippen molar-refractivity contribution in [3.05, 3.63) is 65.2 Å². The van der Waals surface area contributed by atoms with Crippen LogP contribution in [-0.4, -0.2) is 66.4 Å². The highest BCUT2D eigenvalue weighted by atomic mass is 16.7. The van der Waals surface area contributed by atoms with Crippen LogP contribution in [0.3, 0.4) is 0 Å². The fourth-order valence-corrected chi connectivity index (χ4v) is 4.64. The van der Waals surface area contributed by atoms with Gasteiger partial charge < -0.3 is 21.7 Å². The van der Waals surface area contributed by atoms with E-state index >= 15 is 0 Å². The molecule has 2 aliphatic heterocycles. The number of amidine groups is 1. The fraction of sp³-hybridized carbons (Fsp3) is 0.393. The fourth-order valence-electron chi connectivity index (χ4n) is 4.64. The summed E-state index contributed by atoms with van der Waals surface area (Å²) in [6, 6.07) is 15.6. The molecule has 0 aliphatic carbocycles. The van der Waals surface area contributed by atoms with Gasteiger partial charge >= 0.3 is 0 Å². The minimum absolute atomic E-state index is 0.0371. The maximum Gasteiger partial charge on any atom is 0.273 e. The molecule has 1 saturated heterocycles. The average molecular weight is 505 g/mol. The molecule has 196 valence electrons. The third-order valence-corrected chi connectivity index (χ3v) is 6.39. The van der Waals surface area contributed by atoms with Gasteiger partial charge in [0.25, 0.3) is 11.8 Å². The van der Waals surface area contributed by atoms with Gasteiger partial charge in [-0.25, -0.2) is 10.1 Å². The van der Waals surface area contributed by atoms with Crippen LogP contribution in [-0.2, 0) is 9.63 Å². The Morgan fingerprint density at radius 3 is 2.78 bits per heavy atom. The number of hydroxylamine groups is 2. The molecule has 0 radical (unpaired) electrons. The van der Waals surface area contributed by atoms with Crippen LogP contribution >= 0.6 is 0 Å². The normalized spacial score (nSPS) is 17.2. The van der Waals surface area contributed by atoms with E-state index in [2.05, 4.69) is 10.3 Å². The molecule has 1 fully saturated rings. The number of aliphatic imine (C=N–C) groups is 1. The maximum atomic E-state index is 13.4. The van der Waals surface area contributed by atoms with E-state index in [1.807, 2.05) is 48.2 Å². The van der Waals surface area contributed by atoms with E-state index in [-0.39, 0.29) is 30.9 Å². The zero-order chi connectivity index (χ0) is 26.2. The van der Waals surface area contributed by atoms with Gasteiger partial charge in [-0.2, -0.15) is 0 Å². The Morgan fingerprint density at radius 1 is 1.22 bits per heavy atom. The van der Waals surface area contributed by atoms with E-state index in [9.17, 15) is 9.59 Å². The number of nitrogens with zero attached hydrogens (tertiary/aromatic N) is 3. The molecular formula is C28H36N6O3. The first-order valence-electron chi connectivity index (χ1n) is 12.9. The van der Waals surface area contributed by atoms with Crippen LogP contribution in [0, 0.1) is 0 Å². The molecule has 37 heavy (non-hydrogen) atoms. The van der Waals surface area contributed by atoms with Crippen molar-refractivity contribution in [2.45, 2.75) is 38.6 Å². The van der Waals surface area contributed by atoms with E-state index in [1.165, 1.54) is 5.06 Å². The van der Waals surface area contributed by atoms with E-state index in [0.717, 1.165) is 30.5 Å². The number of hydrogen-bond acceptors (Lipinski definition) is 7. The number of carbonyl (C=O) groups excluding carboxylic acids is 2. The third kappa shape index (κ3) is 6.75. The highest BCUT2D eigenvalue weighted by Crippen LogP contribution is 2.29. The number of benzene rings is 2. The summed E-state index contributed by atoms with van der Waals surface area (Å²) in [6.07, 6.45) is 4.66. The van der Waals surface area contributed by atoms with Crippen molar-refractivity contribution in [2.24, 2.45) is 16.5 Å². The molecule has 2 amide bonds. The zero-order valence-corrected chi connectivity index (χ0v) is 21.4. The number of anilines is 1. The van der Waals surface area contributed by atoms with E-state index in [0.29, 0.717) is 48.8 Å². The molecule has 9 heteroatoms. The molecule has 0 aromatic heterocycles. The lowest BCUT2D eigenvalue weighted by Crippen LogP contribution is -2.45. The molecule has 2 heterocycles. The molecule has 1 atom stereocenters. The summed E-state index contributed by atoms with van der Waals surface area (Å²) in [5, 5.41) is 4.87. The molecular weight excluding hydrogens is 468 g/mol. The Labute approximate surface area is 218 Å². The lowest BCUT2D eigenvalue weighted by molar-refractivity contribution is -0.181. The molecule has 9 nitrogen and oxygen atoms in total. The van der Waals surface area contributed by atoms with Crippen molar-refractivity contribution < 1.29 is 14.4 Å². The first kappa shape index (κ1) is 26.4.